The Hall–Kier alpha value is -1.35. The molecule has 2 N–H and O–H groups in total. The maximum atomic E-state index is 4.35. The van der Waals surface area contributed by atoms with E-state index in [9.17, 15) is 0 Å². The summed E-state index contributed by atoms with van der Waals surface area (Å²) in [5, 5.41) is 0. The molecule has 0 saturated carbocycles. The summed E-state index contributed by atoms with van der Waals surface area (Å²) < 4.78 is 0. The van der Waals surface area contributed by atoms with E-state index in [-0.39, 0.29) is 6.17 Å². The van der Waals surface area contributed by atoms with E-state index >= 15 is 0 Å². The number of aliphatic imine (C=N–C) groups is 1. The molecule has 0 aromatic heterocycles. The largest absolute Gasteiger partial charge is 0.308 e. The molecule has 1 aliphatic rings. The van der Waals surface area contributed by atoms with Crippen molar-refractivity contribution in [3.63, 3.8) is 0 Å². The van der Waals surface area contributed by atoms with Gasteiger partial charge in [-0.05, 0) is 12.5 Å². The SMILES string of the molecule is CC1=NC(c2ccccc2)NN1. The van der Waals surface area contributed by atoms with Gasteiger partial charge in [0.05, 0.1) is 0 Å². The van der Waals surface area contributed by atoms with Crippen molar-refractivity contribution < 1.29 is 0 Å². The zero-order valence-electron chi connectivity index (χ0n) is 6.91. The second kappa shape index (κ2) is 2.95. The zero-order chi connectivity index (χ0) is 8.39. The average Bonchev–Trinajstić information content (AvgIpc) is 2.54. The molecule has 1 atom stereocenters. The average molecular weight is 161 g/mol. The zero-order valence-corrected chi connectivity index (χ0v) is 6.91. The van der Waals surface area contributed by atoms with E-state index < -0.39 is 0 Å². The van der Waals surface area contributed by atoms with Crippen LogP contribution >= 0.6 is 0 Å². The van der Waals surface area contributed by atoms with Crippen LogP contribution in [0.4, 0.5) is 0 Å². The molecule has 1 aromatic rings. The van der Waals surface area contributed by atoms with Crippen molar-refractivity contribution in [3.05, 3.63) is 35.9 Å². The van der Waals surface area contributed by atoms with Gasteiger partial charge in [0, 0.05) is 0 Å². The predicted molar refractivity (Wildman–Crippen MR) is 48.6 cm³/mol. The molecule has 62 valence electrons. The van der Waals surface area contributed by atoms with Crippen molar-refractivity contribution in [1.29, 1.82) is 0 Å². The molecule has 3 heteroatoms. The molecule has 1 aliphatic heterocycles. The molecule has 0 bridgehead atoms. The highest BCUT2D eigenvalue weighted by molar-refractivity contribution is 5.80. The summed E-state index contributed by atoms with van der Waals surface area (Å²) in [4.78, 5) is 4.35. The van der Waals surface area contributed by atoms with E-state index in [1.165, 1.54) is 5.56 Å². The molecular weight excluding hydrogens is 150 g/mol. The summed E-state index contributed by atoms with van der Waals surface area (Å²) in [5.74, 6) is 0.934. The maximum absolute atomic E-state index is 4.35. The van der Waals surface area contributed by atoms with Crippen LogP contribution in [0, 0.1) is 0 Å². The Morgan fingerprint density at radius 3 is 2.58 bits per heavy atom. The number of rotatable bonds is 1. The van der Waals surface area contributed by atoms with Crippen molar-refractivity contribution in [2.24, 2.45) is 4.99 Å². The Kier molecular flexibility index (Phi) is 1.80. The van der Waals surface area contributed by atoms with Gasteiger partial charge < -0.3 is 5.43 Å². The summed E-state index contributed by atoms with van der Waals surface area (Å²) >= 11 is 0. The topological polar surface area (TPSA) is 36.4 Å². The molecular formula is C9H11N3. The van der Waals surface area contributed by atoms with Crippen LogP contribution in [-0.4, -0.2) is 5.84 Å². The van der Waals surface area contributed by atoms with E-state index in [2.05, 4.69) is 28.0 Å². The molecule has 0 saturated heterocycles. The van der Waals surface area contributed by atoms with Crippen LogP contribution in [0.15, 0.2) is 35.3 Å². The summed E-state index contributed by atoms with van der Waals surface area (Å²) in [7, 11) is 0. The summed E-state index contributed by atoms with van der Waals surface area (Å²) in [6.45, 7) is 1.94. The summed E-state index contributed by atoms with van der Waals surface area (Å²) in [6.07, 6.45) is 0.0752. The fourth-order valence-corrected chi connectivity index (χ4v) is 1.22. The fraction of sp³-hybridized carbons (Fsp3) is 0.222. The first-order chi connectivity index (χ1) is 5.86. The van der Waals surface area contributed by atoms with Crippen molar-refractivity contribution >= 4 is 5.84 Å². The van der Waals surface area contributed by atoms with E-state index in [0.717, 1.165) is 5.84 Å². The highest BCUT2D eigenvalue weighted by Gasteiger charge is 2.13. The molecule has 0 amide bonds. The lowest BCUT2D eigenvalue weighted by atomic mass is 10.2. The van der Waals surface area contributed by atoms with Crippen molar-refractivity contribution in [2.45, 2.75) is 13.1 Å². The number of hydrazine groups is 1. The quantitative estimate of drug-likeness (QED) is 0.649. The van der Waals surface area contributed by atoms with Crippen molar-refractivity contribution in [3.8, 4) is 0 Å². The number of benzene rings is 1. The van der Waals surface area contributed by atoms with E-state index in [1.807, 2.05) is 25.1 Å². The predicted octanol–water partition coefficient (Wildman–Crippen LogP) is 1.21. The normalized spacial score (nSPS) is 21.8. The lowest BCUT2D eigenvalue weighted by Gasteiger charge is -2.06. The second-order valence-electron chi connectivity index (χ2n) is 2.80. The number of hydrogen-bond acceptors (Lipinski definition) is 3. The molecule has 1 aromatic carbocycles. The minimum atomic E-state index is 0.0752. The Labute approximate surface area is 71.5 Å². The van der Waals surface area contributed by atoms with Gasteiger partial charge in [-0.25, -0.2) is 10.4 Å². The van der Waals surface area contributed by atoms with Crippen LogP contribution in [0.2, 0.25) is 0 Å². The Balaban J connectivity index is 2.22. The van der Waals surface area contributed by atoms with Crippen molar-refractivity contribution in [2.75, 3.05) is 0 Å². The van der Waals surface area contributed by atoms with Gasteiger partial charge in [-0.1, -0.05) is 30.3 Å². The highest BCUT2D eigenvalue weighted by atomic mass is 15.5. The Morgan fingerprint density at radius 1 is 1.25 bits per heavy atom. The molecule has 0 aliphatic carbocycles. The van der Waals surface area contributed by atoms with Crippen LogP contribution < -0.4 is 10.9 Å². The van der Waals surface area contributed by atoms with Gasteiger partial charge in [0.25, 0.3) is 0 Å². The smallest absolute Gasteiger partial charge is 0.143 e. The third kappa shape index (κ3) is 1.31. The minimum Gasteiger partial charge on any atom is -0.308 e. The van der Waals surface area contributed by atoms with E-state index in [4.69, 9.17) is 0 Å². The van der Waals surface area contributed by atoms with Gasteiger partial charge in [0.1, 0.15) is 12.0 Å². The lowest BCUT2D eigenvalue weighted by Crippen LogP contribution is -2.29. The number of nitrogens with zero attached hydrogens (tertiary/aromatic N) is 1. The van der Waals surface area contributed by atoms with Crippen LogP contribution in [0.25, 0.3) is 0 Å². The highest BCUT2D eigenvalue weighted by Crippen LogP contribution is 2.15. The molecule has 1 unspecified atom stereocenters. The first-order valence-electron chi connectivity index (χ1n) is 3.97. The first kappa shape index (κ1) is 7.31. The molecule has 3 nitrogen and oxygen atoms in total. The second-order valence-corrected chi connectivity index (χ2v) is 2.80. The number of amidine groups is 1. The van der Waals surface area contributed by atoms with Gasteiger partial charge >= 0.3 is 0 Å². The molecule has 0 spiro atoms. The fourth-order valence-electron chi connectivity index (χ4n) is 1.22. The molecule has 1 heterocycles. The molecule has 0 fully saturated rings. The van der Waals surface area contributed by atoms with Gasteiger partial charge in [-0.15, -0.1) is 0 Å². The van der Waals surface area contributed by atoms with Gasteiger partial charge in [0.2, 0.25) is 0 Å². The number of hydrogen-bond donors (Lipinski definition) is 2. The summed E-state index contributed by atoms with van der Waals surface area (Å²) in [6, 6.07) is 10.1. The van der Waals surface area contributed by atoms with Gasteiger partial charge in [0.15, 0.2) is 0 Å². The van der Waals surface area contributed by atoms with Crippen LogP contribution in [0.5, 0.6) is 0 Å². The maximum Gasteiger partial charge on any atom is 0.143 e. The third-order valence-electron chi connectivity index (χ3n) is 1.83. The van der Waals surface area contributed by atoms with Gasteiger partial charge in [-0.2, -0.15) is 0 Å². The Bertz CT molecular complexity index is 292. The van der Waals surface area contributed by atoms with Crippen LogP contribution in [0.3, 0.4) is 0 Å². The Morgan fingerprint density at radius 2 is 2.00 bits per heavy atom. The van der Waals surface area contributed by atoms with E-state index in [1.54, 1.807) is 0 Å². The van der Waals surface area contributed by atoms with Gasteiger partial charge in [-0.3, -0.25) is 0 Å². The monoisotopic (exact) mass is 161 g/mol. The van der Waals surface area contributed by atoms with Crippen LogP contribution in [0.1, 0.15) is 18.7 Å². The van der Waals surface area contributed by atoms with E-state index in [0.29, 0.717) is 0 Å². The summed E-state index contributed by atoms with van der Waals surface area (Å²) in [5.41, 5.74) is 7.22. The lowest BCUT2D eigenvalue weighted by molar-refractivity contribution is 0.574. The van der Waals surface area contributed by atoms with Crippen molar-refractivity contribution in [1.82, 2.24) is 10.9 Å². The molecule has 12 heavy (non-hydrogen) atoms. The first-order valence-corrected chi connectivity index (χ1v) is 3.97. The third-order valence-corrected chi connectivity index (χ3v) is 1.83. The number of nitrogens with one attached hydrogen (secondary N) is 2. The van der Waals surface area contributed by atoms with Crippen LogP contribution in [-0.2, 0) is 0 Å². The minimum absolute atomic E-state index is 0.0752. The standard InChI is InChI=1S/C9H11N3/c1-7-10-9(12-11-7)8-5-3-2-4-6-8/h2-6,9,12H,1H3,(H,10,11). The molecule has 2 rings (SSSR count). The molecule has 0 radical (unpaired) electrons.